The Morgan fingerprint density at radius 2 is 1.94 bits per heavy atom. The molecule has 7 heteroatoms. The molecule has 1 saturated heterocycles. The molecule has 1 heterocycles. The Morgan fingerprint density at radius 1 is 1.38 bits per heavy atom. The number of nitrogens with one attached hydrogen (secondary N) is 2. The zero-order chi connectivity index (χ0) is 12.2. The number of hydrogen-bond donors (Lipinski definition) is 3. The fourth-order valence-electron chi connectivity index (χ4n) is 1.77. The maximum Gasteiger partial charge on any atom is 0.279 e. The van der Waals surface area contributed by atoms with E-state index in [2.05, 4.69) is 10.0 Å². The third kappa shape index (κ3) is 4.34. The lowest BCUT2D eigenvalue weighted by atomic mass is 10.2. The molecule has 0 aromatic rings. The Hall–Kier alpha value is -0.210. The van der Waals surface area contributed by atoms with E-state index in [9.17, 15) is 13.5 Å². The number of piperazine rings is 1. The van der Waals surface area contributed by atoms with Crippen molar-refractivity contribution in [1.29, 1.82) is 0 Å². The lowest BCUT2D eigenvalue weighted by Gasteiger charge is -2.28. The molecule has 0 aliphatic carbocycles. The first-order valence-corrected chi connectivity index (χ1v) is 7.02. The van der Waals surface area contributed by atoms with E-state index in [0.29, 0.717) is 32.6 Å². The van der Waals surface area contributed by atoms with Crippen molar-refractivity contribution in [3.63, 3.8) is 0 Å². The van der Waals surface area contributed by atoms with E-state index >= 15 is 0 Å². The van der Waals surface area contributed by atoms with Crippen LogP contribution in [0, 0.1) is 0 Å². The number of hydrogen-bond acceptors (Lipinski definition) is 4. The van der Waals surface area contributed by atoms with Crippen LogP contribution in [0.5, 0.6) is 0 Å². The fraction of sp³-hybridized carbons (Fsp3) is 1.00. The van der Waals surface area contributed by atoms with Crippen LogP contribution in [0.1, 0.15) is 20.3 Å². The van der Waals surface area contributed by atoms with E-state index in [0.717, 1.165) is 0 Å². The molecule has 1 fully saturated rings. The van der Waals surface area contributed by atoms with E-state index in [1.165, 1.54) is 4.31 Å². The second-order valence-electron chi connectivity index (χ2n) is 4.26. The van der Waals surface area contributed by atoms with Crippen LogP contribution in [0.2, 0.25) is 0 Å². The minimum atomic E-state index is -3.40. The van der Waals surface area contributed by atoms with Crippen molar-refractivity contribution >= 4 is 10.2 Å². The SMILES string of the molecule is CC(O)CC(C)NS(=O)(=O)N1CCNCC1. The molecule has 0 spiro atoms. The van der Waals surface area contributed by atoms with Gasteiger partial charge in [-0.25, -0.2) is 0 Å². The number of aliphatic hydroxyl groups excluding tert-OH is 1. The zero-order valence-electron chi connectivity index (χ0n) is 9.81. The first-order valence-electron chi connectivity index (χ1n) is 5.58. The average molecular weight is 251 g/mol. The van der Waals surface area contributed by atoms with Crippen molar-refractivity contribution < 1.29 is 13.5 Å². The van der Waals surface area contributed by atoms with Crippen LogP contribution in [0.15, 0.2) is 0 Å². The summed E-state index contributed by atoms with van der Waals surface area (Å²) in [6, 6.07) is -0.250. The molecule has 1 aliphatic rings. The minimum Gasteiger partial charge on any atom is -0.393 e. The Labute approximate surface area is 97.2 Å². The number of aliphatic hydroxyl groups is 1. The minimum absolute atomic E-state index is 0.250. The Balaban J connectivity index is 2.49. The first-order chi connectivity index (χ1) is 7.42. The van der Waals surface area contributed by atoms with Crippen LogP contribution >= 0.6 is 0 Å². The van der Waals surface area contributed by atoms with Crippen LogP contribution in [0.25, 0.3) is 0 Å². The van der Waals surface area contributed by atoms with Gasteiger partial charge >= 0.3 is 0 Å². The van der Waals surface area contributed by atoms with Crippen molar-refractivity contribution in [2.45, 2.75) is 32.4 Å². The zero-order valence-corrected chi connectivity index (χ0v) is 10.6. The van der Waals surface area contributed by atoms with Crippen LogP contribution in [-0.4, -0.2) is 56.2 Å². The third-order valence-electron chi connectivity index (χ3n) is 2.46. The second-order valence-corrected chi connectivity index (χ2v) is 5.96. The van der Waals surface area contributed by atoms with Gasteiger partial charge in [-0.3, -0.25) is 0 Å². The van der Waals surface area contributed by atoms with Crippen molar-refractivity contribution in [2.24, 2.45) is 0 Å². The molecule has 16 heavy (non-hydrogen) atoms. The van der Waals surface area contributed by atoms with Crippen LogP contribution < -0.4 is 10.0 Å². The van der Waals surface area contributed by atoms with Gasteiger partial charge in [0, 0.05) is 32.2 Å². The predicted molar refractivity (Wildman–Crippen MR) is 62.3 cm³/mol. The highest BCUT2D eigenvalue weighted by Crippen LogP contribution is 2.04. The molecule has 0 saturated carbocycles. The van der Waals surface area contributed by atoms with Gasteiger partial charge in [-0.15, -0.1) is 0 Å². The molecule has 0 aromatic heterocycles. The summed E-state index contributed by atoms with van der Waals surface area (Å²) in [5.74, 6) is 0. The Morgan fingerprint density at radius 3 is 2.44 bits per heavy atom. The lowest BCUT2D eigenvalue weighted by Crippen LogP contribution is -2.52. The molecular weight excluding hydrogens is 230 g/mol. The fourth-order valence-corrected chi connectivity index (χ4v) is 3.19. The topological polar surface area (TPSA) is 81.7 Å². The van der Waals surface area contributed by atoms with Crippen molar-refractivity contribution in [3.8, 4) is 0 Å². The van der Waals surface area contributed by atoms with Gasteiger partial charge in [0.25, 0.3) is 10.2 Å². The molecule has 0 aromatic carbocycles. The molecule has 2 unspecified atom stereocenters. The molecule has 0 amide bonds. The Bertz CT molecular complexity index is 299. The Kier molecular flexibility index (Phi) is 5.13. The van der Waals surface area contributed by atoms with E-state index in [1.807, 2.05) is 0 Å². The molecule has 2 atom stereocenters. The largest absolute Gasteiger partial charge is 0.393 e. The molecule has 1 rings (SSSR count). The highest BCUT2D eigenvalue weighted by molar-refractivity contribution is 7.87. The van der Waals surface area contributed by atoms with Gasteiger partial charge in [0.05, 0.1) is 6.10 Å². The van der Waals surface area contributed by atoms with Crippen LogP contribution in [0.3, 0.4) is 0 Å². The normalized spacial score (nSPS) is 22.9. The summed E-state index contributed by atoms with van der Waals surface area (Å²) in [5, 5.41) is 12.3. The standard InChI is InChI=1S/C9H21N3O3S/c1-8(7-9(2)13)11-16(14,15)12-5-3-10-4-6-12/h8-11,13H,3-7H2,1-2H3. The van der Waals surface area contributed by atoms with E-state index < -0.39 is 16.3 Å². The second kappa shape index (κ2) is 5.92. The maximum absolute atomic E-state index is 11.9. The summed E-state index contributed by atoms with van der Waals surface area (Å²) >= 11 is 0. The summed E-state index contributed by atoms with van der Waals surface area (Å²) < 4.78 is 27.8. The van der Waals surface area contributed by atoms with E-state index in [-0.39, 0.29) is 6.04 Å². The van der Waals surface area contributed by atoms with Crippen molar-refractivity contribution in [2.75, 3.05) is 26.2 Å². The predicted octanol–water partition coefficient (Wildman–Crippen LogP) is -1.11. The molecule has 0 radical (unpaired) electrons. The van der Waals surface area contributed by atoms with Gasteiger partial charge in [0.15, 0.2) is 0 Å². The maximum atomic E-state index is 11.9. The summed E-state index contributed by atoms with van der Waals surface area (Å²) in [6.07, 6.45) is -0.0774. The molecule has 1 aliphatic heterocycles. The first kappa shape index (κ1) is 13.9. The molecular formula is C9H21N3O3S. The average Bonchev–Trinajstić information content (AvgIpc) is 2.16. The summed E-state index contributed by atoms with van der Waals surface area (Å²) in [7, 11) is -3.40. The van der Waals surface area contributed by atoms with Crippen molar-refractivity contribution in [3.05, 3.63) is 0 Å². The van der Waals surface area contributed by atoms with Gasteiger partial charge < -0.3 is 10.4 Å². The van der Waals surface area contributed by atoms with Gasteiger partial charge in [0.2, 0.25) is 0 Å². The summed E-state index contributed by atoms with van der Waals surface area (Å²) in [6.45, 7) is 5.77. The van der Waals surface area contributed by atoms with Crippen LogP contribution in [0.4, 0.5) is 0 Å². The molecule has 0 bridgehead atoms. The van der Waals surface area contributed by atoms with Gasteiger partial charge in [-0.05, 0) is 20.3 Å². The van der Waals surface area contributed by atoms with Gasteiger partial charge in [0.1, 0.15) is 0 Å². The summed E-state index contributed by atoms with van der Waals surface area (Å²) in [4.78, 5) is 0. The van der Waals surface area contributed by atoms with E-state index in [4.69, 9.17) is 0 Å². The van der Waals surface area contributed by atoms with E-state index in [1.54, 1.807) is 13.8 Å². The van der Waals surface area contributed by atoms with Crippen LogP contribution in [-0.2, 0) is 10.2 Å². The highest BCUT2D eigenvalue weighted by atomic mass is 32.2. The number of nitrogens with zero attached hydrogens (tertiary/aromatic N) is 1. The molecule has 96 valence electrons. The smallest absolute Gasteiger partial charge is 0.279 e. The van der Waals surface area contributed by atoms with Crippen molar-refractivity contribution in [1.82, 2.24) is 14.3 Å². The third-order valence-corrected chi connectivity index (χ3v) is 4.21. The number of rotatable bonds is 5. The quantitative estimate of drug-likeness (QED) is 0.578. The summed E-state index contributed by atoms with van der Waals surface area (Å²) in [5.41, 5.74) is 0. The van der Waals surface area contributed by atoms with Gasteiger partial charge in [-0.1, -0.05) is 0 Å². The van der Waals surface area contributed by atoms with Gasteiger partial charge in [-0.2, -0.15) is 17.4 Å². The highest BCUT2D eigenvalue weighted by Gasteiger charge is 2.25. The molecule has 3 N–H and O–H groups in total. The monoisotopic (exact) mass is 251 g/mol. The lowest BCUT2D eigenvalue weighted by molar-refractivity contribution is 0.174. The molecule has 6 nitrogen and oxygen atoms in total.